The molecule has 2 aliphatic rings. The second kappa shape index (κ2) is 6.32. The molecule has 2 atom stereocenters. The van der Waals surface area contributed by atoms with E-state index in [1.807, 2.05) is 0 Å². The molecule has 5 nitrogen and oxygen atoms in total. The summed E-state index contributed by atoms with van der Waals surface area (Å²) in [5.74, 6) is 0.638. The molecule has 0 radical (unpaired) electrons. The van der Waals surface area contributed by atoms with Gasteiger partial charge in [0.25, 0.3) is 0 Å². The molecule has 1 saturated carbocycles. The van der Waals surface area contributed by atoms with E-state index >= 15 is 0 Å². The Morgan fingerprint density at radius 1 is 1.22 bits per heavy atom. The fourth-order valence-corrected chi connectivity index (χ4v) is 4.45. The fourth-order valence-electron chi connectivity index (χ4n) is 2.91. The summed E-state index contributed by atoms with van der Waals surface area (Å²) in [6.45, 7) is 1.79. The first kappa shape index (κ1) is 14.2. The highest BCUT2D eigenvalue weighted by Gasteiger charge is 2.26. The van der Waals surface area contributed by atoms with Gasteiger partial charge >= 0.3 is 0 Å². The smallest absolute Gasteiger partial charge is 0.211 e. The molecule has 2 rings (SSSR count). The molecule has 106 valence electrons. The zero-order valence-corrected chi connectivity index (χ0v) is 11.6. The first-order valence-electron chi connectivity index (χ1n) is 6.93. The van der Waals surface area contributed by atoms with Gasteiger partial charge in [0, 0.05) is 19.0 Å². The lowest BCUT2D eigenvalue weighted by atomic mass is 9.96. The van der Waals surface area contributed by atoms with Crippen LogP contribution in [0.1, 0.15) is 32.1 Å². The van der Waals surface area contributed by atoms with Gasteiger partial charge in [-0.15, -0.1) is 0 Å². The van der Waals surface area contributed by atoms with Gasteiger partial charge in [0.1, 0.15) is 0 Å². The van der Waals surface area contributed by atoms with Crippen LogP contribution >= 0.6 is 0 Å². The number of rotatable bonds is 5. The molecular formula is C12H24N2O3S. The summed E-state index contributed by atoms with van der Waals surface area (Å²) in [7, 11) is -3.17. The van der Waals surface area contributed by atoms with Gasteiger partial charge in [-0.05, 0) is 31.7 Å². The summed E-state index contributed by atoms with van der Waals surface area (Å²) in [6, 6.07) is 0. The topological polar surface area (TPSA) is 78.4 Å². The Bertz CT molecular complexity index is 352. The number of aliphatic hydroxyl groups excluding tert-OH is 1. The van der Waals surface area contributed by atoms with E-state index < -0.39 is 16.1 Å². The predicted molar refractivity (Wildman–Crippen MR) is 70.7 cm³/mol. The highest BCUT2D eigenvalue weighted by Crippen LogP contribution is 2.25. The van der Waals surface area contributed by atoms with E-state index in [0.29, 0.717) is 19.0 Å². The number of hydrogen-bond acceptors (Lipinski definition) is 4. The molecule has 6 heteroatoms. The first-order valence-corrected chi connectivity index (χ1v) is 8.58. The average molecular weight is 276 g/mol. The molecule has 1 heterocycles. The van der Waals surface area contributed by atoms with Crippen molar-refractivity contribution in [2.24, 2.45) is 11.8 Å². The van der Waals surface area contributed by atoms with Crippen molar-refractivity contribution in [3.05, 3.63) is 0 Å². The summed E-state index contributed by atoms with van der Waals surface area (Å²) >= 11 is 0. The van der Waals surface area contributed by atoms with Gasteiger partial charge in [-0.1, -0.05) is 12.8 Å². The number of aliphatic hydroxyl groups is 1. The number of hydrogen-bond donors (Lipinski definition) is 3. The lowest BCUT2D eigenvalue weighted by Gasteiger charge is -2.28. The Kier molecular flexibility index (Phi) is 5.00. The Morgan fingerprint density at radius 3 is 2.61 bits per heavy atom. The van der Waals surface area contributed by atoms with Crippen molar-refractivity contribution < 1.29 is 13.5 Å². The molecule has 0 aromatic heterocycles. The van der Waals surface area contributed by atoms with Crippen molar-refractivity contribution in [3.63, 3.8) is 0 Å². The van der Waals surface area contributed by atoms with Crippen molar-refractivity contribution in [2.75, 3.05) is 25.4 Å². The van der Waals surface area contributed by atoms with Crippen LogP contribution in [0.2, 0.25) is 0 Å². The zero-order chi connectivity index (χ0) is 13.0. The van der Waals surface area contributed by atoms with Crippen molar-refractivity contribution in [2.45, 2.75) is 38.2 Å². The van der Waals surface area contributed by atoms with Gasteiger partial charge in [-0.3, -0.25) is 0 Å². The minimum Gasteiger partial charge on any atom is -0.391 e. The Morgan fingerprint density at radius 2 is 1.94 bits per heavy atom. The van der Waals surface area contributed by atoms with Gasteiger partial charge < -0.3 is 10.4 Å². The SMILES string of the molecule is O=S(=O)(CC1CCCC1)NC[C@@H]1CCNC[C@H]1O. The second-order valence-electron chi connectivity index (χ2n) is 5.60. The molecule has 0 aromatic rings. The van der Waals surface area contributed by atoms with Crippen LogP contribution < -0.4 is 10.0 Å². The third-order valence-electron chi connectivity index (χ3n) is 4.08. The summed E-state index contributed by atoms with van der Waals surface area (Å²) < 4.78 is 26.5. The van der Waals surface area contributed by atoms with Crippen LogP contribution in [0.5, 0.6) is 0 Å². The van der Waals surface area contributed by atoms with E-state index in [4.69, 9.17) is 0 Å². The van der Waals surface area contributed by atoms with Crippen LogP contribution in [0, 0.1) is 11.8 Å². The van der Waals surface area contributed by atoms with E-state index in [0.717, 1.165) is 38.6 Å². The molecule has 0 bridgehead atoms. The number of nitrogens with one attached hydrogen (secondary N) is 2. The molecular weight excluding hydrogens is 252 g/mol. The summed E-state index contributed by atoms with van der Waals surface area (Å²) in [5, 5.41) is 12.8. The van der Waals surface area contributed by atoms with Crippen LogP contribution in [0.3, 0.4) is 0 Å². The average Bonchev–Trinajstić information content (AvgIpc) is 2.80. The Labute approximate surface area is 109 Å². The summed E-state index contributed by atoms with van der Waals surface area (Å²) in [6.07, 6.45) is 4.79. The summed E-state index contributed by atoms with van der Waals surface area (Å²) in [5.41, 5.74) is 0. The van der Waals surface area contributed by atoms with Crippen LogP contribution in [-0.2, 0) is 10.0 Å². The minimum absolute atomic E-state index is 0.0459. The normalized spacial score (nSPS) is 30.7. The lowest BCUT2D eigenvalue weighted by Crippen LogP contribution is -2.46. The van der Waals surface area contributed by atoms with E-state index in [2.05, 4.69) is 10.0 Å². The monoisotopic (exact) mass is 276 g/mol. The maximum Gasteiger partial charge on any atom is 0.211 e. The lowest BCUT2D eigenvalue weighted by molar-refractivity contribution is 0.0844. The second-order valence-corrected chi connectivity index (χ2v) is 7.45. The van der Waals surface area contributed by atoms with Crippen LogP contribution in [0.4, 0.5) is 0 Å². The van der Waals surface area contributed by atoms with Crippen molar-refractivity contribution in [3.8, 4) is 0 Å². The maximum absolute atomic E-state index is 11.9. The fraction of sp³-hybridized carbons (Fsp3) is 1.00. The highest BCUT2D eigenvalue weighted by atomic mass is 32.2. The molecule has 18 heavy (non-hydrogen) atoms. The molecule has 1 aliphatic heterocycles. The molecule has 3 N–H and O–H groups in total. The van der Waals surface area contributed by atoms with E-state index in [-0.39, 0.29) is 11.7 Å². The minimum atomic E-state index is -3.17. The van der Waals surface area contributed by atoms with E-state index in [9.17, 15) is 13.5 Å². The largest absolute Gasteiger partial charge is 0.391 e. The van der Waals surface area contributed by atoms with Crippen LogP contribution in [0.25, 0.3) is 0 Å². The highest BCUT2D eigenvalue weighted by molar-refractivity contribution is 7.89. The molecule has 0 amide bonds. The first-order chi connectivity index (χ1) is 8.57. The molecule has 2 fully saturated rings. The van der Waals surface area contributed by atoms with Gasteiger partial charge in [0.05, 0.1) is 11.9 Å². The number of piperidine rings is 1. The third kappa shape index (κ3) is 4.19. The van der Waals surface area contributed by atoms with Gasteiger partial charge in [0.15, 0.2) is 0 Å². The van der Waals surface area contributed by atoms with E-state index in [1.54, 1.807) is 0 Å². The van der Waals surface area contributed by atoms with Crippen molar-refractivity contribution in [1.82, 2.24) is 10.0 Å². The van der Waals surface area contributed by atoms with Crippen LogP contribution in [0.15, 0.2) is 0 Å². The van der Waals surface area contributed by atoms with Gasteiger partial charge in [0.2, 0.25) is 10.0 Å². The van der Waals surface area contributed by atoms with Crippen molar-refractivity contribution in [1.29, 1.82) is 0 Å². The Hall–Kier alpha value is -0.170. The van der Waals surface area contributed by atoms with Crippen LogP contribution in [-0.4, -0.2) is 45.0 Å². The molecule has 1 aliphatic carbocycles. The Balaban J connectivity index is 1.76. The molecule has 0 unspecified atom stereocenters. The van der Waals surface area contributed by atoms with E-state index in [1.165, 1.54) is 0 Å². The number of β-amino-alcohol motifs (C(OH)–C–C–N with tert-alkyl or cyclic N) is 1. The predicted octanol–water partition coefficient (Wildman–Crippen LogP) is 0.0664. The maximum atomic E-state index is 11.9. The standard InChI is InChI=1S/C12H24N2O3S/c15-12-8-13-6-5-11(12)7-14-18(16,17)9-10-3-1-2-4-10/h10-15H,1-9H2/t11-,12+/m0/s1. The summed E-state index contributed by atoms with van der Waals surface area (Å²) in [4.78, 5) is 0. The zero-order valence-electron chi connectivity index (χ0n) is 10.8. The quantitative estimate of drug-likeness (QED) is 0.664. The van der Waals surface area contributed by atoms with Crippen molar-refractivity contribution >= 4 is 10.0 Å². The number of sulfonamides is 1. The molecule has 0 aromatic carbocycles. The third-order valence-corrected chi connectivity index (χ3v) is 5.60. The molecule has 1 saturated heterocycles. The van der Waals surface area contributed by atoms with Gasteiger partial charge in [-0.2, -0.15) is 0 Å². The molecule has 0 spiro atoms. The van der Waals surface area contributed by atoms with Gasteiger partial charge in [-0.25, -0.2) is 13.1 Å².